The number of nitrogens with zero attached hydrogens (tertiary/aromatic N) is 2. The van der Waals surface area contributed by atoms with Gasteiger partial charge in [-0.15, -0.1) is 11.8 Å². The Morgan fingerprint density at radius 1 is 1.15 bits per heavy atom. The van der Waals surface area contributed by atoms with Gasteiger partial charge in [-0.2, -0.15) is 0 Å². The van der Waals surface area contributed by atoms with E-state index in [0.29, 0.717) is 17.2 Å². The molecule has 1 N–H and O–H groups in total. The van der Waals surface area contributed by atoms with Crippen LogP contribution in [0.5, 0.6) is 5.75 Å². The van der Waals surface area contributed by atoms with Crippen LogP contribution >= 0.6 is 23.4 Å². The monoisotopic (exact) mass is 483 g/mol. The predicted molar refractivity (Wildman–Crippen MR) is 128 cm³/mol. The molecule has 0 aromatic heterocycles. The molecule has 10 heteroatoms. The maximum Gasteiger partial charge on any atom is 0.270 e. The average molecular weight is 484 g/mol. The fourth-order valence-electron chi connectivity index (χ4n) is 3.42. The Kier molecular flexibility index (Phi) is 6.52. The van der Waals surface area contributed by atoms with Gasteiger partial charge >= 0.3 is 0 Å². The molecule has 0 spiro atoms. The molecule has 1 aliphatic heterocycles. The molecule has 4 rings (SSSR count). The van der Waals surface area contributed by atoms with Crippen LogP contribution in [0.25, 0.3) is 0 Å². The Morgan fingerprint density at radius 2 is 1.85 bits per heavy atom. The third kappa shape index (κ3) is 4.79. The summed E-state index contributed by atoms with van der Waals surface area (Å²) in [5.41, 5.74) is 2.16. The van der Waals surface area contributed by atoms with Gasteiger partial charge in [0.15, 0.2) is 0 Å². The zero-order chi connectivity index (χ0) is 23.5. The highest BCUT2D eigenvalue weighted by atomic mass is 35.5. The van der Waals surface area contributed by atoms with Crippen LogP contribution in [0, 0.1) is 10.1 Å². The molecular weight excluding hydrogens is 466 g/mol. The van der Waals surface area contributed by atoms with Gasteiger partial charge in [0.25, 0.3) is 11.6 Å². The highest BCUT2D eigenvalue weighted by Crippen LogP contribution is 2.42. The first-order chi connectivity index (χ1) is 15.9. The number of hydrogen-bond donors (Lipinski definition) is 1. The van der Waals surface area contributed by atoms with E-state index >= 15 is 0 Å². The van der Waals surface area contributed by atoms with E-state index in [9.17, 15) is 19.7 Å². The van der Waals surface area contributed by atoms with Crippen molar-refractivity contribution in [2.45, 2.75) is 5.37 Å². The Hall–Kier alpha value is -3.56. The summed E-state index contributed by atoms with van der Waals surface area (Å²) in [6, 6.07) is 18.2. The number of thioether (sulfide) groups is 1. The summed E-state index contributed by atoms with van der Waals surface area (Å²) < 4.78 is 5.19. The number of halogens is 1. The number of carbonyl (C=O) groups excluding carboxylic acids is 2. The summed E-state index contributed by atoms with van der Waals surface area (Å²) in [5.74, 6) is 0.615. The third-order valence-electron chi connectivity index (χ3n) is 5.08. The minimum Gasteiger partial charge on any atom is -0.497 e. The molecular formula is C23H18ClN3O5S. The van der Waals surface area contributed by atoms with Gasteiger partial charge < -0.3 is 10.1 Å². The summed E-state index contributed by atoms with van der Waals surface area (Å²) in [6.45, 7) is 0. The van der Waals surface area contributed by atoms with E-state index in [-0.39, 0.29) is 27.6 Å². The summed E-state index contributed by atoms with van der Waals surface area (Å²) in [7, 11) is 1.59. The van der Waals surface area contributed by atoms with Crippen molar-refractivity contribution in [2.24, 2.45) is 0 Å². The number of benzene rings is 3. The number of non-ortho nitro benzene ring substituents is 1. The van der Waals surface area contributed by atoms with E-state index in [1.807, 2.05) is 36.4 Å². The first-order valence-electron chi connectivity index (χ1n) is 9.80. The maximum atomic E-state index is 12.6. The number of anilines is 2. The second kappa shape index (κ2) is 9.51. The summed E-state index contributed by atoms with van der Waals surface area (Å²) in [4.78, 5) is 37.1. The van der Waals surface area contributed by atoms with Crippen LogP contribution in [0.4, 0.5) is 17.1 Å². The van der Waals surface area contributed by atoms with Crippen LogP contribution in [-0.2, 0) is 4.79 Å². The minimum atomic E-state index is -0.576. The number of nitro benzene ring substituents is 1. The van der Waals surface area contributed by atoms with Crippen molar-refractivity contribution >= 4 is 52.2 Å². The molecule has 1 heterocycles. The number of nitro groups is 1. The number of carbonyl (C=O) groups is 2. The van der Waals surface area contributed by atoms with Crippen molar-refractivity contribution in [3.63, 3.8) is 0 Å². The van der Waals surface area contributed by atoms with Gasteiger partial charge in [-0.25, -0.2) is 0 Å². The molecule has 3 aromatic carbocycles. The van der Waals surface area contributed by atoms with Crippen molar-refractivity contribution in [2.75, 3.05) is 23.1 Å². The van der Waals surface area contributed by atoms with Crippen molar-refractivity contribution in [1.82, 2.24) is 0 Å². The smallest absolute Gasteiger partial charge is 0.270 e. The van der Waals surface area contributed by atoms with Crippen LogP contribution in [-0.4, -0.2) is 29.6 Å². The summed E-state index contributed by atoms with van der Waals surface area (Å²) >= 11 is 7.56. The molecule has 0 aliphatic carbocycles. The van der Waals surface area contributed by atoms with Gasteiger partial charge in [0.1, 0.15) is 11.1 Å². The Morgan fingerprint density at radius 3 is 2.45 bits per heavy atom. The molecule has 1 atom stereocenters. The second-order valence-electron chi connectivity index (χ2n) is 7.12. The van der Waals surface area contributed by atoms with Gasteiger partial charge in [0.2, 0.25) is 5.91 Å². The van der Waals surface area contributed by atoms with Crippen LogP contribution < -0.4 is 15.0 Å². The topological polar surface area (TPSA) is 102 Å². The van der Waals surface area contributed by atoms with Gasteiger partial charge in [0, 0.05) is 23.5 Å². The molecule has 0 radical (unpaired) electrons. The molecule has 0 saturated carbocycles. The normalized spacial score (nSPS) is 15.4. The Labute approximate surface area is 198 Å². The molecule has 2 amide bonds. The molecule has 1 aliphatic rings. The first kappa shape index (κ1) is 22.6. The quantitative estimate of drug-likeness (QED) is 0.377. The van der Waals surface area contributed by atoms with Gasteiger partial charge in [-0.05, 0) is 48.0 Å². The van der Waals surface area contributed by atoms with E-state index in [0.717, 1.165) is 17.3 Å². The summed E-state index contributed by atoms with van der Waals surface area (Å²) in [6.07, 6.45) is 0. The molecule has 168 valence electrons. The van der Waals surface area contributed by atoms with Crippen molar-refractivity contribution in [1.29, 1.82) is 0 Å². The largest absolute Gasteiger partial charge is 0.497 e. The Balaban J connectivity index is 1.50. The van der Waals surface area contributed by atoms with Crippen LogP contribution in [0.3, 0.4) is 0 Å². The van der Waals surface area contributed by atoms with Crippen molar-refractivity contribution in [3.05, 3.63) is 93.0 Å². The van der Waals surface area contributed by atoms with E-state index in [2.05, 4.69) is 5.32 Å². The van der Waals surface area contributed by atoms with Crippen molar-refractivity contribution in [3.8, 4) is 5.75 Å². The standard InChI is InChI=1S/C23H18ClN3O5S/c1-32-18-9-6-16(7-10-18)26-21(28)13-33-23(26)14-2-4-15(5-3-14)25-22(29)19-11-8-17(27(30)31)12-20(19)24/h2-12,23H,13H2,1H3,(H,25,29)/t23-/m0/s1. The average Bonchev–Trinajstić information content (AvgIpc) is 3.20. The minimum absolute atomic E-state index is 0.00526. The predicted octanol–water partition coefficient (Wildman–Crippen LogP) is 5.29. The molecule has 0 unspecified atom stereocenters. The lowest BCUT2D eigenvalue weighted by Gasteiger charge is -2.24. The number of nitrogens with one attached hydrogen (secondary N) is 1. The van der Waals surface area contributed by atoms with Crippen LogP contribution in [0.2, 0.25) is 5.02 Å². The maximum absolute atomic E-state index is 12.6. The van der Waals surface area contributed by atoms with Crippen LogP contribution in [0.15, 0.2) is 66.7 Å². The molecule has 3 aromatic rings. The third-order valence-corrected chi connectivity index (χ3v) is 6.61. The fraction of sp³-hybridized carbons (Fsp3) is 0.130. The number of amides is 2. The van der Waals surface area contributed by atoms with E-state index in [4.69, 9.17) is 16.3 Å². The molecule has 1 fully saturated rings. The number of rotatable bonds is 6. The molecule has 33 heavy (non-hydrogen) atoms. The summed E-state index contributed by atoms with van der Waals surface area (Å²) in [5, 5.41) is 13.4. The van der Waals surface area contributed by atoms with Crippen LogP contribution in [0.1, 0.15) is 21.3 Å². The number of ether oxygens (including phenoxy) is 1. The Bertz CT molecular complexity index is 1220. The zero-order valence-corrected chi connectivity index (χ0v) is 18.9. The lowest BCUT2D eigenvalue weighted by Crippen LogP contribution is -2.27. The highest BCUT2D eigenvalue weighted by molar-refractivity contribution is 8.00. The lowest BCUT2D eigenvalue weighted by atomic mass is 10.1. The fourth-order valence-corrected chi connectivity index (χ4v) is 4.86. The van der Waals surface area contributed by atoms with E-state index in [1.165, 1.54) is 23.9 Å². The molecule has 8 nitrogen and oxygen atoms in total. The number of methoxy groups -OCH3 is 1. The van der Waals surface area contributed by atoms with Gasteiger partial charge in [-0.1, -0.05) is 23.7 Å². The SMILES string of the molecule is COc1ccc(N2C(=O)CS[C@H]2c2ccc(NC(=O)c3ccc([N+](=O)[O-])cc3Cl)cc2)cc1. The lowest BCUT2D eigenvalue weighted by molar-refractivity contribution is -0.384. The van der Waals surface area contributed by atoms with Crippen molar-refractivity contribution < 1.29 is 19.2 Å². The van der Waals surface area contributed by atoms with E-state index in [1.54, 1.807) is 24.1 Å². The van der Waals surface area contributed by atoms with Gasteiger partial charge in [-0.3, -0.25) is 24.6 Å². The van der Waals surface area contributed by atoms with E-state index < -0.39 is 10.8 Å². The highest BCUT2D eigenvalue weighted by Gasteiger charge is 2.34. The van der Waals surface area contributed by atoms with Gasteiger partial charge in [0.05, 0.1) is 28.4 Å². The molecule has 1 saturated heterocycles. The zero-order valence-electron chi connectivity index (χ0n) is 17.4. The second-order valence-corrected chi connectivity index (χ2v) is 8.60. The molecule has 0 bridgehead atoms. The number of hydrogen-bond acceptors (Lipinski definition) is 6. The first-order valence-corrected chi connectivity index (χ1v) is 11.2.